The van der Waals surface area contributed by atoms with Gasteiger partial charge in [-0.05, 0) is 17.7 Å². The number of hydrogen-bond acceptors (Lipinski definition) is 3. The minimum atomic E-state index is -0.818. The Hall–Kier alpha value is -1.33. The van der Waals surface area contributed by atoms with Crippen LogP contribution in [0, 0.1) is 11.6 Å². The smallest absolute Gasteiger partial charge is 0.126 e. The van der Waals surface area contributed by atoms with E-state index in [4.69, 9.17) is 0 Å². The Labute approximate surface area is 95.2 Å². The van der Waals surface area contributed by atoms with Crippen LogP contribution in [0.4, 0.5) is 8.78 Å². The van der Waals surface area contributed by atoms with E-state index in [1.54, 1.807) is 11.6 Å². The maximum atomic E-state index is 12.9. The number of aliphatic hydroxyl groups excluding tert-OH is 1. The average Bonchev–Trinajstić information content (AvgIpc) is 2.68. The van der Waals surface area contributed by atoms with Crippen molar-refractivity contribution < 1.29 is 13.9 Å². The highest BCUT2D eigenvalue weighted by Crippen LogP contribution is 2.21. The summed E-state index contributed by atoms with van der Waals surface area (Å²) in [5.41, 5.74) is 0.417. The van der Waals surface area contributed by atoms with Gasteiger partial charge in [-0.1, -0.05) is 0 Å². The molecule has 1 aromatic heterocycles. The molecule has 1 unspecified atom stereocenters. The SMILES string of the molecule is OC(Cc1cc(F)cc(F)c1)c1nccs1. The summed E-state index contributed by atoms with van der Waals surface area (Å²) in [7, 11) is 0. The molecule has 2 rings (SSSR count). The first-order valence-corrected chi connectivity index (χ1v) is 5.55. The third-order valence-corrected chi connectivity index (χ3v) is 2.96. The van der Waals surface area contributed by atoms with Crippen molar-refractivity contribution >= 4 is 11.3 Å². The molecule has 0 saturated heterocycles. The van der Waals surface area contributed by atoms with Gasteiger partial charge in [0.1, 0.15) is 22.7 Å². The molecule has 0 aliphatic carbocycles. The Bertz CT molecular complexity index is 453. The summed E-state index contributed by atoms with van der Waals surface area (Å²) in [6.07, 6.45) is 0.915. The number of hydrogen-bond donors (Lipinski definition) is 1. The second-order valence-electron chi connectivity index (χ2n) is 3.37. The van der Waals surface area contributed by atoms with Gasteiger partial charge < -0.3 is 5.11 Å². The Balaban J connectivity index is 2.15. The van der Waals surface area contributed by atoms with Crippen molar-refractivity contribution in [3.05, 3.63) is 52.0 Å². The van der Waals surface area contributed by atoms with Crippen molar-refractivity contribution in [3.63, 3.8) is 0 Å². The zero-order valence-corrected chi connectivity index (χ0v) is 9.05. The molecule has 0 bridgehead atoms. The van der Waals surface area contributed by atoms with E-state index in [0.717, 1.165) is 6.07 Å². The minimum absolute atomic E-state index is 0.155. The van der Waals surface area contributed by atoms with Gasteiger partial charge in [0.2, 0.25) is 0 Å². The van der Waals surface area contributed by atoms with Crippen LogP contribution in [0.5, 0.6) is 0 Å². The summed E-state index contributed by atoms with van der Waals surface area (Å²) >= 11 is 1.31. The second kappa shape index (κ2) is 4.67. The number of halogens is 2. The van der Waals surface area contributed by atoms with Crippen LogP contribution in [0.2, 0.25) is 0 Å². The Morgan fingerprint density at radius 2 is 1.94 bits per heavy atom. The number of benzene rings is 1. The van der Waals surface area contributed by atoms with Gasteiger partial charge in [0.15, 0.2) is 0 Å². The molecule has 0 radical (unpaired) electrons. The van der Waals surface area contributed by atoms with Crippen LogP contribution < -0.4 is 0 Å². The summed E-state index contributed by atoms with van der Waals surface area (Å²) in [5.74, 6) is -1.28. The fourth-order valence-electron chi connectivity index (χ4n) is 1.44. The first-order valence-electron chi connectivity index (χ1n) is 4.67. The summed E-state index contributed by atoms with van der Waals surface area (Å²) < 4.78 is 25.8. The molecule has 5 heteroatoms. The van der Waals surface area contributed by atoms with Crippen LogP contribution in [0.15, 0.2) is 29.8 Å². The third-order valence-electron chi connectivity index (χ3n) is 2.09. The summed E-state index contributed by atoms with van der Waals surface area (Å²) in [6.45, 7) is 0. The van der Waals surface area contributed by atoms with Crippen molar-refractivity contribution in [3.8, 4) is 0 Å². The molecule has 1 aromatic carbocycles. The van der Waals surface area contributed by atoms with E-state index < -0.39 is 17.7 Å². The van der Waals surface area contributed by atoms with Gasteiger partial charge in [-0.25, -0.2) is 13.8 Å². The van der Waals surface area contributed by atoms with Gasteiger partial charge in [0.05, 0.1) is 0 Å². The van der Waals surface area contributed by atoms with Crippen LogP contribution in [0.1, 0.15) is 16.7 Å². The molecule has 2 nitrogen and oxygen atoms in total. The fourth-order valence-corrected chi connectivity index (χ4v) is 2.06. The molecule has 0 spiro atoms. The lowest BCUT2D eigenvalue weighted by atomic mass is 10.1. The van der Waals surface area contributed by atoms with Gasteiger partial charge in [0, 0.05) is 24.1 Å². The monoisotopic (exact) mass is 241 g/mol. The summed E-state index contributed by atoms with van der Waals surface area (Å²) in [5, 5.41) is 12.0. The van der Waals surface area contributed by atoms with E-state index in [1.807, 2.05) is 0 Å². The number of aromatic nitrogens is 1. The zero-order chi connectivity index (χ0) is 11.5. The predicted molar refractivity (Wildman–Crippen MR) is 57.1 cm³/mol. The molecular weight excluding hydrogens is 232 g/mol. The van der Waals surface area contributed by atoms with Gasteiger partial charge in [-0.3, -0.25) is 0 Å². The lowest BCUT2D eigenvalue weighted by Crippen LogP contribution is -2.02. The Morgan fingerprint density at radius 3 is 2.50 bits per heavy atom. The van der Waals surface area contributed by atoms with E-state index in [0.29, 0.717) is 10.6 Å². The Kier molecular flexibility index (Phi) is 3.26. The second-order valence-corrected chi connectivity index (χ2v) is 4.29. The lowest BCUT2D eigenvalue weighted by molar-refractivity contribution is 0.178. The molecule has 0 aliphatic rings. The molecule has 0 amide bonds. The van der Waals surface area contributed by atoms with Crippen LogP contribution in [-0.2, 0) is 6.42 Å². The van der Waals surface area contributed by atoms with E-state index in [-0.39, 0.29) is 6.42 Å². The van der Waals surface area contributed by atoms with E-state index >= 15 is 0 Å². The van der Waals surface area contributed by atoms with E-state index in [2.05, 4.69) is 4.98 Å². The van der Waals surface area contributed by atoms with Crippen LogP contribution in [-0.4, -0.2) is 10.1 Å². The molecular formula is C11H9F2NOS. The normalized spacial score (nSPS) is 12.7. The highest BCUT2D eigenvalue weighted by atomic mass is 32.1. The molecule has 0 fully saturated rings. The maximum Gasteiger partial charge on any atom is 0.126 e. The van der Waals surface area contributed by atoms with Crippen LogP contribution in [0.25, 0.3) is 0 Å². The van der Waals surface area contributed by atoms with Gasteiger partial charge >= 0.3 is 0 Å². The van der Waals surface area contributed by atoms with Crippen molar-refractivity contribution in [2.45, 2.75) is 12.5 Å². The molecule has 1 heterocycles. The van der Waals surface area contributed by atoms with Crippen LogP contribution >= 0.6 is 11.3 Å². The van der Waals surface area contributed by atoms with Crippen molar-refractivity contribution in [2.24, 2.45) is 0 Å². The summed E-state index contributed by atoms with van der Waals surface area (Å²) in [6, 6.07) is 3.22. The molecule has 84 valence electrons. The highest BCUT2D eigenvalue weighted by Gasteiger charge is 2.12. The minimum Gasteiger partial charge on any atom is -0.386 e. The highest BCUT2D eigenvalue weighted by molar-refractivity contribution is 7.09. The first-order chi connectivity index (χ1) is 7.65. The first kappa shape index (κ1) is 11.2. The average molecular weight is 241 g/mol. The van der Waals surface area contributed by atoms with Crippen LogP contribution in [0.3, 0.4) is 0 Å². The molecule has 1 N–H and O–H groups in total. The van der Waals surface area contributed by atoms with Crippen molar-refractivity contribution in [1.29, 1.82) is 0 Å². The lowest BCUT2D eigenvalue weighted by Gasteiger charge is -2.07. The third kappa shape index (κ3) is 2.62. The summed E-state index contributed by atoms with van der Waals surface area (Å²) in [4.78, 5) is 3.94. The molecule has 16 heavy (non-hydrogen) atoms. The maximum absolute atomic E-state index is 12.9. The Morgan fingerprint density at radius 1 is 1.25 bits per heavy atom. The fraction of sp³-hybridized carbons (Fsp3) is 0.182. The number of thiazole rings is 1. The number of aliphatic hydroxyl groups is 1. The van der Waals surface area contributed by atoms with Crippen molar-refractivity contribution in [1.82, 2.24) is 4.98 Å². The number of rotatable bonds is 3. The van der Waals surface area contributed by atoms with E-state index in [9.17, 15) is 13.9 Å². The van der Waals surface area contributed by atoms with Gasteiger partial charge in [-0.2, -0.15) is 0 Å². The molecule has 1 atom stereocenters. The zero-order valence-electron chi connectivity index (χ0n) is 8.23. The number of nitrogens with zero attached hydrogens (tertiary/aromatic N) is 1. The van der Waals surface area contributed by atoms with Gasteiger partial charge in [-0.15, -0.1) is 11.3 Å². The predicted octanol–water partition coefficient (Wildman–Crippen LogP) is 2.70. The van der Waals surface area contributed by atoms with Gasteiger partial charge in [0.25, 0.3) is 0 Å². The largest absolute Gasteiger partial charge is 0.386 e. The quantitative estimate of drug-likeness (QED) is 0.896. The molecule has 2 aromatic rings. The molecule has 0 saturated carbocycles. The topological polar surface area (TPSA) is 33.1 Å². The molecule has 0 aliphatic heterocycles. The standard InChI is InChI=1S/C11H9F2NOS/c12-8-3-7(4-9(13)6-8)5-10(15)11-14-1-2-16-11/h1-4,6,10,15H,5H2. The van der Waals surface area contributed by atoms with Crippen molar-refractivity contribution in [2.75, 3.05) is 0 Å². The van der Waals surface area contributed by atoms with E-state index in [1.165, 1.54) is 23.5 Å².